The Bertz CT molecular complexity index is 1650. The van der Waals surface area contributed by atoms with Crippen LogP contribution in [0.1, 0.15) is 45.8 Å². The third-order valence-electron chi connectivity index (χ3n) is 6.10. The smallest absolute Gasteiger partial charge is 0.341 e. The topological polar surface area (TPSA) is 134 Å². The van der Waals surface area contributed by atoms with E-state index in [1.807, 2.05) is 33.0 Å². The molecular formula is C27H32F4N8O3S2. The van der Waals surface area contributed by atoms with Crippen LogP contribution in [0.5, 0.6) is 5.75 Å². The van der Waals surface area contributed by atoms with Crippen molar-refractivity contribution in [3.05, 3.63) is 80.4 Å². The first kappa shape index (κ1) is 34.4. The van der Waals surface area contributed by atoms with Gasteiger partial charge in [-0.3, -0.25) is 9.48 Å². The number of carbonyl (C=O) groups excluding carboxylic acids is 1. The highest BCUT2D eigenvalue weighted by Crippen LogP contribution is 2.23. The van der Waals surface area contributed by atoms with E-state index in [1.54, 1.807) is 34.9 Å². The van der Waals surface area contributed by atoms with Crippen LogP contribution >= 0.6 is 11.3 Å². The van der Waals surface area contributed by atoms with Crippen molar-refractivity contribution >= 4 is 34.5 Å². The Kier molecular flexibility index (Phi) is 12.2. The van der Waals surface area contributed by atoms with Crippen LogP contribution in [-0.4, -0.2) is 47.8 Å². The highest BCUT2D eigenvalue weighted by Gasteiger charge is 2.26. The Labute approximate surface area is 257 Å². The van der Waals surface area contributed by atoms with E-state index >= 15 is 0 Å². The van der Waals surface area contributed by atoms with E-state index in [4.69, 9.17) is 4.18 Å². The second kappa shape index (κ2) is 15.6. The van der Waals surface area contributed by atoms with Crippen molar-refractivity contribution in [2.24, 2.45) is 24.2 Å². The standard InChI is InChI=1S/C11H13N3O2S2.C8H5F4NO.C8H14N4/c1-8-4-6-10(7-5-8)16-18(15)13-11-14(3)12-9(2)17-11;1-2-4(9)6(11)3(8(13)14)7(12)5(2)10;1-11-7-9-8(10-11)12-5-3-2-4-6-12/h4-7H,1-3H3;1H3,(H2,13,14);7H,2-6H2,1H3. The molecule has 3 heterocycles. The van der Waals surface area contributed by atoms with Gasteiger partial charge in [0.25, 0.3) is 5.91 Å². The van der Waals surface area contributed by atoms with Crippen LogP contribution in [0.3, 0.4) is 0 Å². The van der Waals surface area contributed by atoms with Gasteiger partial charge in [-0.15, -0.1) is 9.50 Å². The number of hydrogen-bond acceptors (Lipinski definition) is 8. The molecule has 238 valence electrons. The number of aryl methyl sites for hydroxylation is 4. The summed E-state index contributed by atoms with van der Waals surface area (Å²) in [5, 5.41) is 9.26. The lowest BCUT2D eigenvalue weighted by Gasteiger charge is -2.24. The molecule has 44 heavy (non-hydrogen) atoms. The van der Waals surface area contributed by atoms with Crippen LogP contribution < -0.4 is 19.6 Å². The summed E-state index contributed by atoms with van der Waals surface area (Å²) in [4.78, 5) is 17.5. The summed E-state index contributed by atoms with van der Waals surface area (Å²) in [5.74, 6) is -6.90. The van der Waals surface area contributed by atoms with Gasteiger partial charge >= 0.3 is 11.3 Å². The Morgan fingerprint density at radius 2 is 1.55 bits per heavy atom. The molecule has 1 aliphatic heterocycles. The van der Waals surface area contributed by atoms with Gasteiger partial charge in [0, 0.05) is 32.7 Å². The zero-order valence-corrected chi connectivity index (χ0v) is 26.3. The van der Waals surface area contributed by atoms with E-state index in [1.165, 1.54) is 30.6 Å². The summed E-state index contributed by atoms with van der Waals surface area (Å²) in [6, 6.07) is 7.31. The van der Waals surface area contributed by atoms with E-state index in [0.29, 0.717) is 10.6 Å². The summed E-state index contributed by atoms with van der Waals surface area (Å²) in [6.45, 7) is 6.92. The van der Waals surface area contributed by atoms with Crippen molar-refractivity contribution in [1.82, 2.24) is 24.5 Å². The second-order valence-electron chi connectivity index (χ2n) is 9.62. The average molecular weight is 657 g/mol. The van der Waals surface area contributed by atoms with Gasteiger partial charge in [-0.05, 0) is 52.2 Å². The van der Waals surface area contributed by atoms with Gasteiger partial charge in [0.05, 0.1) is 0 Å². The van der Waals surface area contributed by atoms with Crippen molar-refractivity contribution < 1.29 is 30.7 Å². The van der Waals surface area contributed by atoms with Crippen molar-refractivity contribution in [2.45, 2.75) is 40.0 Å². The van der Waals surface area contributed by atoms with E-state index < -0.39 is 51.6 Å². The fourth-order valence-corrected chi connectivity index (χ4v) is 5.32. The zero-order valence-electron chi connectivity index (χ0n) is 24.7. The fraction of sp³-hybridized carbons (Fsp3) is 0.370. The molecule has 0 saturated carbocycles. The average Bonchev–Trinajstić information content (AvgIpc) is 3.56. The molecule has 1 saturated heterocycles. The highest BCUT2D eigenvalue weighted by molar-refractivity contribution is 7.79. The van der Waals surface area contributed by atoms with Crippen LogP contribution in [0.25, 0.3) is 0 Å². The molecule has 5 rings (SSSR count). The largest absolute Gasteiger partial charge is 0.384 e. The van der Waals surface area contributed by atoms with Crippen LogP contribution in [0, 0.1) is 44.0 Å². The summed E-state index contributed by atoms with van der Waals surface area (Å²) >= 11 is -0.383. The Hall–Kier alpha value is -4.12. The molecular weight excluding hydrogens is 624 g/mol. The molecule has 1 fully saturated rings. The minimum atomic E-state index is -1.77. The lowest BCUT2D eigenvalue weighted by atomic mass is 10.1. The quantitative estimate of drug-likeness (QED) is 0.253. The van der Waals surface area contributed by atoms with Gasteiger partial charge in [0.2, 0.25) is 10.7 Å². The van der Waals surface area contributed by atoms with Gasteiger partial charge in [-0.25, -0.2) is 27.2 Å². The number of aromatic nitrogens is 5. The van der Waals surface area contributed by atoms with Crippen molar-refractivity contribution in [1.29, 1.82) is 0 Å². The van der Waals surface area contributed by atoms with Gasteiger partial charge in [-0.2, -0.15) is 9.31 Å². The van der Waals surface area contributed by atoms with Crippen LogP contribution in [-0.2, 0) is 25.4 Å². The summed E-state index contributed by atoms with van der Waals surface area (Å²) in [5.41, 5.74) is 3.44. The predicted octanol–water partition coefficient (Wildman–Crippen LogP) is 4.11. The SMILES string of the molecule is Cc1c(F)c(F)c(C(N)=O)c(F)c1F.Cc1ccc(OS(=O)N=c2sc(C)nn2C)cc1.Cn1cnc(N2CCCCC2)n1. The third-order valence-corrected chi connectivity index (χ3v) is 7.79. The molecule has 0 spiro atoms. The number of primary amides is 1. The Morgan fingerprint density at radius 1 is 0.955 bits per heavy atom. The maximum Gasteiger partial charge on any atom is 0.341 e. The van der Waals surface area contributed by atoms with Crippen molar-refractivity contribution in [3.63, 3.8) is 0 Å². The highest BCUT2D eigenvalue weighted by atomic mass is 32.2. The first-order chi connectivity index (χ1) is 20.8. The maximum absolute atomic E-state index is 12.9. The first-order valence-electron chi connectivity index (χ1n) is 13.2. The Morgan fingerprint density at radius 3 is 2.02 bits per heavy atom. The number of rotatable bonds is 5. The molecule has 1 unspecified atom stereocenters. The number of carbonyl (C=O) groups is 1. The fourth-order valence-electron chi connectivity index (χ4n) is 3.83. The molecule has 0 bridgehead atoms. The molecule has 2 N–H and O–H groups in total. The molecule has 0 radical (unpaired) electrons. The zero-order chi connectivity index (χ0) is 32.6. The van der Waals surface area contributed by atoms with Crippen LogP contribution in [0.4, 0.5) is 23.5 Å². The summed E-state index contributed by atoms with van der Waals surface area (Å²) < 4.78 is 75.6. The minimum Gasteiger partial charge on any atom is -0.384 e. The number of piperidine rings is 1. The van der Waals surface area contributed by atoms with E-state index in [0.717, 1.165) is 36.5 Å². The number of hydrogen-bond donors (Lipinski definition) is 1. The molecule has 1 atom stereocenters. The second-order valence-corrected chi connectivity index (χ2v) is 11.6. The first-order valence-corrected chi connectivity index (χ1v) is 15.1. The maximum atomic E-state index is 12.9. The molecule has 4 aromatic rings. The summed E-state index contributed by atoms with van der Waals surface area (Å²) in [7, 11) is 3.66. The van der Waals surface area contributed by atoms with E-state index in [2.05, 4.69) is 30.2 Å². The minimum absolute atomic E-state index is 0.534. The lowest BCUT2D eigenvalue weighted by Crippen LogP contribution is -2.30. The number of halogens is 4. The predicted molar refractivity (Wildman–Crippen MR) is 158 cm³/mol. The monoisotopic (exact) mass is 656 g/mol. The lowest BCUT2D eigenvalue weighted by molar-refractivity contribution is 0.0989. The molecule has 0 aliphatic carbocycles. The van der Waals surface area contributed by atoms with Gasteiger partial charge < -0.3 is 14.8 Å². The molecule has 1 amide bonds. The van der Waals surface area contributed by atoms with Gasteiger partial charge in [-0.1, -0.05) is 29.0 Å². The molecule has 2 aromatic heterocycles. The number of amides is 1. The van der Waals surface area contributed by atoms with Crippen LogP contribution in [0.15, 0.2) is 35.0 Å². The number of anilines is 1. The van der Waals surface area contributed by atoms with Crippen molar-refractivity contribution in [3.8, 4) is 5.75 Å². The molecule has 2 aromatic carbocycles. The van der Waals surface area contributed by atoms with E-state index in [-0.39, 0.29) is 0 Å². The van der Waals surface area contributed by atoms with E-state index in [9.17, 15) is 26.6 Å². The summed E-state index contributed by atoms with van der Waals surface area (Å²) in [6.07, 6.45) is 5.66. The molecule has 17 heteroatoms. The van der Waals surface area contributed by atoms with Crippen LogP contribution in [0.2, 0.25) is 0 Å². The van der Waals surface area contributed by atoms with Gasteiger partial charge in [0.1, 0.15) is 22.6 Å². The number of benzene rings is 2. The van der Waals surface area contributed by atoms with Crippen molar-refractivity contribution in [2.75, 3.05) is 18.0 Å². The molecule has 11 nitrogen and oxygen atoms in total. The molecule has 1 aliphatic rings. The third kappa shape index (κ3) is 9.19. The van der Waals surface area contributed by atoms with Gasteiger partial charge in [0.15, 0.2) is 23.3 Å². The number of nitrogens with zero attached hydrogens (tertiary/aromatic N) is 7. The normalized spacial score (nSPS) is 13.8. The number of nitrogens with two attached hydrogens (primary N) is 1. The Balaban J connectivity index is 0.000000184.